The van der Waals surface area contributed by atoms with E-state index in [1.807, 2.05) is 0 Å². The lowest BCUT2D eigenvalue weighted by Gasteiger charge is -2.11. The number of benzene rings is 1. The van der Waals surface area contributed by atoms with Crippen LogP contribution in [0.2, 0.25) is 0 Å². The van der Waals surface area contributed by atoms with Gasteiger partial charge in [-0.25, -0.2) is 12.7 Å². The number of ether oxygens (including phenoxy) is 1. The Hall–Kier alpha value is -1.07. The van der Waals surface area contributed by atoms with Gasteiger partial charge in [-0.05, 0) is 23.8 Å². The number of sulfonamides is 1. The lowest BCUT2D eigenvalue weighted by Crippen LogP contribution is -2.22. The number of nitrogens with zero attached hydrogens (tertiary/aromatic N) is 1. The summed E-state index contributed by atoms with van der Waals surface area (Å²) >= 11 is 0. The van der Waals surface area contributed by atoms with Crippen LogP contribution in [0.4, 0.5) is 0 Å². The molecular formula is C10H13NO3S. The highest BCUT2D eigenvalue weighted by Gasteiger charge is 2.20. The molecule has 1 aromatic carbocycles. The van der Waals surface area contributed by atoms with Gasteiger partial charge in [-0.15, -0.1) is 0 Å². The molecule has 4 nitrogen and oxygen atoms in total. The molecule has 0 aliphatic carbocycles. The fourth-order valence-corrected chi connectivity index (χ4v) is 2.49. The van der Waals surface area contributed by atoms with Gasteiger partial charge < -0.3 is 4.74 Å². The number of hydrogen-bond donors (Lipinski definition) is 0. The maximum atomic E-state index is 11.8. The SMILES string of the molecule is CN(C)S(=O)(=O)c1ccc2c(c1)CCO2. The topological polar surface area (TPSA) is 46.6 Å². The smallest absolute Gasteiger partial charge is 0.242 e. The van der Waals surface area contributed by atoms with Gasteiger partial charge in [0.25, 0.3) is 0 Å². The molecule has 1 aromatic rings. The Morgan fingerprint density at radius 1 is 1.33 bits per heavy atom. The third-order valence-corrected chi connectivity index (χ3v) is 4.25. The van der Waals surface area contributed by atoms with Crippen molar-refractivity contribution in [3.8, 4) is 5.75 Å². The van der Waals surface area contributed by atoms with Gasteiger partial charge >= 0.3 is 0 Å². The molecule has 0 atom stereocenters. The molecule has 1 aliphatic heterocycles. The summed E-state index contributed by atoms with van der Waals surface area (Å²) in [6, 6.07) is 5.00. The third kappa shape index (κ3) is 1.72. The quantitative estimate of drug-likeness (QED) is 0.753. The molecule has 0 N–H and O–H groups in total. The van der Waals surface area contributed by atoms with Gasteiger partial charge in [0.1, 0.15) is 5.75 Å². The van der Waals surface area contributed by atoms with E-state index >= 15 is 0 Å². The van der Waals surface area contributed by atoms with Gasteiger partial charge in [-0.2, -0.15) is 0 Å². The maximum Gasteiger partial charge on any atom is 0.242 e. The first-order chi connectivity index (χ1) is 7.01. The van der Waals surface area contributed by atoms with Crippen LogP contribution >= 0.6 is 0 Å². The molecule has 0 bridgehead atoms. The first kappa shape index (κ1) is 10.4. The summed E-state index contributed by atoms with van der Waals surface area (Å²) in [5.41, 5.74) is 0.970. The predicted molar refractivity (Wildman–Crippen MR) is 56.5 cm³/mol. The molecule has 0 radical (unpaired) electrons. The first-order valence-electron chi connectivity index (χ1n) is 4.70. The molecule has 0 unspecified atom stereocenters. The molecule has 1 aliphatic rings. The Kier molecular flexibility index (Phi) is 2.44. The predicted octanol–water partition coefficient (Wildman–Crippen LogP) is 0.872. The monoisotopic (exact) mass is 227 g/mol. The van der Waals surface area contributed by atoms with E-state index in [0.29, 0.717) is 11.5 Å². The van der Waals surface area contributed by atoms with Crippen molar-refractivity contribution < 1.29 is 13.2 Å². The summed E-state index contributed by atoms with van der Waals surface area (Å²) in [5.74, 6) is 0.799. The van der Waals surface area contributed by atoms with Crippen molar-refractivity contribution in [1.82, 2.24) is 4.31 Å². The van der Waals surface area contributed by atoms with E-state index in [4.69, 9.17) is 4.74 Å². The molecule has 1 heterocycles. The van der Waals surface area contributed by atoms with Crippen LogP contribution in [0.25, 0.3) is 0 Å². The summed E-state index contributed by atoms with van der Waals surface area (Å²) in [7, 11) is -0.267. The summed E-state index contributed by atoms with van der Waals surface area (Å²) in [6.07, 6.45) is 0.784. The van der Waals surface area contributed by atoms with Crippen LogP contribution in [0.3, 0.4) is 0 Å². The van der Waals surface area contributed by atoms with Gasteiger partial charge in [0, 0.05) is 20.5 Å². The molecule has 2 rings (SSSR count). The number of fused-ring (bicyclic) bond motifs is 1. The van der Waals surface area contributed by atoms with Crippen molar-refractivity contribution in [2.45, 2.75) is 11.3 Å². The van der Waals surface area contributed by atoms with Crippen LogP contribution < -0.4 is 4.74 Å². The maximum absolute atomic E-state index is 11.8. The highest BCUT2D eigenvalue weighted by atomic mass is 32.2. The molecule has 82 valence electrons. The first-order valence-corrected chi connectivity index (χ1v) is 6.14. The zero-order valence-corrected chi connectivity index (χ0v) is 9.54. The Morgan fingerprint density at radius 2 is 2.07 bits per heavy atom. The van der Waals surface area contributed by atoms with Gasteiger partial charge in [0.2, 0.25) is 10.0 Å². The van der Waals surface area contributed by atoms with Gasteiger partial charge in [-0.3, -0.25) is 0 Å². The highest BCUT2D eigenvalue weighted by Crippen LogP contribution is 2.28. The summed E-state index contributed by atoms with van der Waals surface area (Å²) in [4.78, 5) is 0.330. The van der Waals surface area contributed by atoms with Crippen molar-refractivity contribution in [2.24, 2.45) is 0 Å². The molecule has 0 fully saturated rings. The minimum atomic E-state index is -3.32. The van der Waals surface area contributed by atoms with E-state index in [0.717, 1.165) is 17.7 Å². The fraction of sp³-hybridized carbons (Fsp3) is 0.400. The second-order valence-electron chi connectivity index (χ2n) is 3.66. The van der Waals surface area contributed by atoms with Gasteiger partial charge in [-0.1, -0.05) is 0 Å². The van der Waals surface area contributed by atoms with E-state index in [1.54, 1.807) is 18.2 Å². The van der Waals surface area contributed by atoms with Crippen LogP contribution in [-0.4, -0.2) is 33.4 Å². The van der Waals surface area contributed by atoms with E-state index in [1.165, 1.54) is 18.4 Å². The third-order valence-electron chi connectivity index (χ3n) is 2.44. The summed E-state index contributed by atoms with van der Waals surface area (Å²) in [5, 5.41) is 0. The Balaban J connectivity index is 2.48. The zero-order chi connectivity index (χ0) is 11.1. The van der Waals surface area contributed by atoms with Crippen molar-refractivity contribution in [3.05, 3.63) is 23.8 Å². The molecule has 15 heavy (non-hydrogen) atoms. The van der Waals surface area contributed by atoms with E-state index in [-0.39, 0.29) is 0 Å². The van der Waals surface area contributed by atoms with Crippen molar-refractivity contribution in [1.29, 1.82) is 0 Å². The van der Waals surface area contributed by atoms with Crippen LogP contribution in [-0.2, 0) is 16.4 Å². The highest BCUT2D eigenvalue weighted by molar-refractivity contribution is 7.89. The second kappa shape index (κ2) is 3.50. The van der Waals surface area contributed by atoms with Crippen molar-refractivity contribution in [2.75, 3.05) is 20.7 Å². The second-order valence-corrected chi connectivity index (χ2v) is 5.81. The molecule has 0 saturated heterocycles. The molecule has 0 spiro atoms. The average Bonchev–Trinajstić information content (AvgIpc) is 2.63. The van der Waals surface area contributed by atoms with E-state index in [2.05, 4.69) is 0 Å². The molecule has 0 saturated carbocycles. The van der Waals surface area contributed by atoms with Crippen LogP contribution in [0.1, 0.15) is 5.56 Å². The summed E-state index contributed by atoms with van der Waals surface area (Å²) < 4.78 is 30.2. The lowest BCUT2D eigenvalue weighted by molar-refractivity contribution is 0.356. The molecule has 5 heteroatoms. The standard InChI is InChI=1S/C10H13NO3S/c1-11(2)15(12,13)9-3-4-10-8(7-9)5-6-14-10/h3-4,7H,5-6H2,1-2H3. The lowest BCUT2D eigenvalue weighted by atomic mass is 10.2. The average molecular weight is 227 g/mol. The molecule has 0 amide bonds. The van der Waals surface area contributed by atoms with Crippen LogP contribution in [0.5, 0.6) is 5.75 Å². The Bertz CT molecular complexity index is 479. The normalized spacial score (nSPS) is 15.1. The van der Waals surface area contributed by atoms with Crippen molar-refractivity contribution >= 4 is 10.0 Å². The van der Waals surface area contributed by atoms with Gasteiger partial charge in [0.05, 0.1) is 11.5 Å². The van der Waals surface area contributed by atoms with E-state index in [9.17, 15) is 8.42 Å². The Labute approximate surface area is 89.5 Å². The van der Waals surface area contributed by atoms with Crippen LogP contribution in [0, 0.1) is 0 Å². The number of hydrogen-bond acceptors (Lipinski definition) is 3. The largest absolute Gasteiger partial charge is 0.493 e. The molecule has 0 aromatic heterocycles. The van der Waals surface area contributed by atoms with Crippen LogP contribution in [0.15, 0.2) is 23.1 Å². The molecular weight excluding hydrogens is 214 g/mol. The minimum Gasteiger partial charge on any atom is -0.493 e. The van der Waals surface area contributed by atoms with Crippen molar-refractivity contribution in [3.63, 3.8) is 0 Å². The fourth-order valence-electron chi connectivity index (χ4n) is 1.53. The summed E-state index contributed by atoms with van der Waals surface area (Å²) in [6.45, 7) is 0.640. The minimum absolute atomic E-state index is 0.330. The Morgan fingerprint density at radius 3 is 2.73 bits per heavy atom. The van der Waals surface area contributed by atoms with Gasteiger partial charge in [0.15, 0.2) is 0 Å². The number of rotatable bonds is 2. The van der Waals surface area contributed by atoms with E-state index < -0.39 is 10.0 Å². The zero-order valence-electron chi connectivity index (χ0n) is 8.73.